The summed E-state index contributed by atoms with van der Waals surface area (Å²) in [7, 11) is 0. The minimum atomic E-state index is -0.580. The van der Waals surface area contributed by atoms with Crippen molar-refractivity contribution in [3.63, 3.8) is 0 Å². The van der Waals surface area contributed by atoms with E-state index in [-0.39, 0.29) is 6.61 Å². The molecule has 0 aromatic rings. The van der Waals surface area contributed by atoms with Crippen molar-refractivity contribution in [3.05, 3.63) is 11.6 Å². The third kappa shape index (κ3) is 4.99. The SMILES string of the molecule is CCC(=CCC(O)CO)CC. The normalized spacial score (nSPS) is 12.7. The molecule has 2 N–H and O–H groups in total. The molecule has 2 heteroatoms. The van der Waals surface area contributed by atoms with Gasteiger partial charge in [0, 0.05) is 0 Å². The molecule has 66 valence electrons. The van der Waals surface area contributed by atoms with Gasteiger partial charge >= 0.3 is 0 Å². The molecule has 0 bridgehead atoms. The van der Waals surface area contributed by atoms with Gasteiger partial charge in [-0.05, 0) is 19.3 Å². The summed E-state index contributed by atoms with van der Waals surface area (Å²) in [5.74, 6) is 0. The highest BCUT2D eigenvalue weighted by molar-refractivity contribution is 5.00. The second-order valence-electron chi connectivity index (χ2n) is 2.64. The third-order valence-corrected chi connectivity index (χ3v) is 1.80. The fraction of sp³-hybridized carbons (Fsp3) is 0.778. The van der Waals surface area contributed by atoms with Crippen LogP contribution in [0.1, 0.15) is 33.1 Å². The number of hydrogen-bond acceptors (Lipinski definition) is 2. The van der Waals surface area contributed by atoms with E-state index < -0.39 is 6.10 Å². The highest BCUT2D eigenvalue weighted by atomic mass is 16.3. The number of aliphatic hydroxyl groups excluding tert-OH is 2. The highest BCUT2D eigenvalue weighted by Gasteiger charge is 1.98. The fourth-order valence-electron chi connectivity index (χ4n) is 0.916. The zero-order valence-corrected chi connectivity index (χ0v) is 7.38. The van der Waals surface area contributed by atoms with Crippen LogP contribution in [-0.4, -0.2) is 22.9 Å². The van der Waals surface area contributed by atoms with Crippen molar-refractivity contribution < 1.29 is 10.2 Å². The van der Waals surface area contributed by atoms with Crippen molar-refractivity contribution >= 4 is 0 Å². The molecule has 1 atom stereocenters. The second-order valence-corrected chi connectivity index (χ2v) is 2.64. The molecule has 0 heterocycles. The Labute approximate surface area is 68.6 Å². The van der Waals surface area contributed by atoms with Crippen LogP contribution < -0.4 is 0 Å². The average Bonchev–Trinajstić information content (AvgIpc) is 2.06. The van der Waals surface area contributed by atoms with Crippen LogP contribution in [0.4, 0.5) is 0 Å². The van der Waals surface area contributed by atoms with Gasteiger partial charge in [0.25, 0.3) is 0 Å². The monoisotopic (exact) mass is 158 g/mol. The van der Waals surface area contributed by atoms with E-state index in [0.29, 0.717) is 6.42 Å². The van der Waals surface area contributed by atoms with Crippen molar-refractivity contribution in [2.45, 2.75) is 39.2 Å². The average molecular weight is 158 g/mol. The molecule has 0 rings (SSSR count). The van der Waals surface area contributed by atoms with Crippen LogP contribution in [0.2, 0.25) is 0 Å². The molecule has 0 amide bonds. The summed E-state index contributed by atoms with van der Waals surface area (Å²) in [6.07, 6.45) is 4.08. The first-order valence-corrected chi connectivity index (χ1v) is 4.21. The van der Waals surface area contributed by atoms with Gasteiger partial charge in [0.2, 0.25) is 0 Å². The van der Waals surface area contributed by atoms with Gasteiger partial charge in [-0.25, -0.2) is 0 Å². The Morgan fingerprint density at radius 2 is 1.91 bits per heavy atom. The van der Waals surface area contributed by atoms with Crippen LogP contribution >= 0.6 is 0 Å². The fourth-order valence-corrected chi connectivity index (χ4v) is 0.916. The predicted molar refractivity (Wildman–Crippen MR) is 46.4 cm³/mol. The summed E-state index contributed by atoms with van der Waals surface area (Å²) >= 11 is 0. The first-order valence-electron chi connectivity index (χ1n) is 4.21. The van der Waals surface area contributed by atoms with E-state index in [0.717, 1.165) is 12.8 Å². The highest BCUT2D eigenvalue weighted by Crippen LogP contribution is 2.07. The lowest BCUT2D eigenvalue weighted by Crippen LogP contribution is -2.10. The summed E-state index contributed by atoms with van der Waals surface area (Å²) in [6.45, 7) is 4.05. The van der Waals surface area contributed by atoms with Crippen molar-refractivity contribution in [3.8, 4) is 0 Å². The van der Waals surface area contributed by atoms with Gasteiger partial charge in [-0.3, -0.25) is 0 Å². The van der Waals surface area contributed by atoms with E-state index in [9.17, 15) is 0 Å². The first-order chi connectivity index (χ1) is 5.24. The van der Waals surface area contributed by atoms with Gasteiger partial charge in [-0.15, -0.1) is 0 Å². The molecule has 0 saturated heterocycles. The quantitative estimate of drug-likeness (QED) is 0.595. The maximum Gasteiger partial charge on any atom is 0.0805 e. The van der Waals surface area contributed by atoms with E-state index in [1.807, 2.05) is 6.08 Å². The molecule has 11 heavy (non-hydrogen) atoms. The van der Waals surface area contributed by atoms with E-state index in [2.05, 4.69) is 13.8 Å². The Hall–Kier alpha value is -0.340. The number of aliphatic hydroxyl groups is 2. The van der Waals surface area contributed by atoms with Crippen LogP contribution in [0.3, 0.4) is 0 Å². The molecule has 0 aromatic carbocycles. The Kier molecular flexibility index (Phi) is 6.18. The van der Waals surface area contributed by atoms with Gasteiger partial charge in [-0.2, -0.15) is 0 Å². The molecule has 0 aliphatic heterocycles. The molecule has 2 nitrogen and oxygen atoms in total. The largest absolute Gasteiger partial charge is 0.394 e. The van der Waals surface area contributed by atoms with Gasteiger partial charge in [0.1, 0.15) is 0 Å². The Morgan fingerprint density at radius 1 is 1.36 bits per heavy atom. The zero-order chi connectivity index (χ0) is 8.69. The summed E-state index contributed by atoms with van der Waals surface area (Å²) in [4.78, 5) is 0. The smallest absolute Gasteiger partial charge is 0.0805 e. The Bertz CT molecular complexity index is 113. The first kappa shape index (κ1) is 10.7. The summed E-state index contributed by atoms with van der Waals surface area (Å²) < 4.78 is 0. The lowest BCUT2D eigenvalue weighted by atomic mass is 10.1. The maximum atomic E-state index is 9.00. The zero-order valence-electron chi connectivity index (χ0n) is 7.38. The second kappa shape index (κ2) is 6.38. The number of hydrogen-bond donors (Lipinski definition) is 2. The van der Waals surface area contributed by atoms with E-state index >= 15 is 0 Å². The van der Waals surface area contributed by atoms with Crippen LogP contribution in [0.25, 0.3) is 0 Å². The van der Waals surface area contributed by atoms with Crippen LogP contribution in [-0.2, 0) is 0 Å². The molecule has 0 aliphatic rings. The van der Waals surface area contributed by atoms with Gasteiger partial charge in [0.15, 0.2) is 0 Å². The Balaban J connectivity index is 3.68. The molecule has 1 unspecified atom stereocenters. The van der Waals surface area contributed by atoms with Crippen molar-refractivity contribution in [2.75, 3.05) is 6.61 Å². The third-order valence-electron chi connectivity index (χ3n) is 1.80. The Morgan fingerprint density at radius 3 is 2.27 bits per heavy atom. The maximum absolute atomic E-state index is 9.00. The standard InChI is InChI=1S/C9H18O2/c1-3-8(4-2)5-6-9(11)7-10/h5,9-11H,3-4,6-7H2,1-2H3. The van der Waals surface area contributed by atoms with Crippen molar-refractivity contribution in [1.82, 2.24) is 0 Å². The predicted octanol–water partition coefficient (Wildman–Crippen LogP) is 1.48. The topological polar surface area (TPSA) is 40.5 Å². The minimum Gasteiger partial charge on any atom is -0.394 e. The van der Waals surface area contributed by atoms with Crippen LogP contribution in [0.15, 0.2) is 11.6 Å². The number of allylic oxidation sites excluding steroid dienone is 1. The van der Waals surface area contributed by atoms with Crippen LogP contribution in [0, 0.1) is 0 Å². The lowest BCUT2D eigenvalue weighted by Gasteiger charge is -2.04. The molecule has 0 aromatic heterocycles. The molecule has 0 saturated carbocycles. The minimum absolute atomic E-state index is 0.142. The summed E-state index contributed by atoms with van der Waals surface area (Å²) in [5, 5.41) is 17.5. The summed E-state index contributed by atoms with van der Waals surface area (Å²) in [5.41, 5.74) is 1.34. The molecular formula is C9H18O2. The van der Waals surface area contributed by atoms with E-state index in [4.69, 9.17) is 10.2 Å². The van der Waals surface area contributed by atoms with Crippen LogP contribution in [0.5, 0.6) is 0 Å². The van der Waals surface area contributed by atoms with Gasteiger partial charge in [-0.1, -0.05) is 25.5 Å². The molecular weight excluding hydrogens is 140 g/mol. The van der Waals surface area contributed by atoms with Crippen molar-refractivity contribution in [2.24, 2.45) is 0 Å². The molecule has 0 radical (unpaired) electrons. The lowest BCUT2D eigenvalue weighted by molar-refractivity contribution is 0.0974. The molecule has 0 aliphatic carbocycles. The van der Waals surface area contributed by atoms with E-state index in [1.54, 1.807) is 0 Å². The molecule has 0 spiro atoms. The molecule has 0 fully saturated rings. The van der Waals surface area contributed by atoms with E-state index in [1.165, 1.54) is 5.57 Å². The summed E-state index contributed by atoms with van der Waals surface area (Å²) in [6, 6.07) is 0. The van der Waals surface area contributed by atoms with Crippen molar-refractivity contribution in [1.29, 1.82) is 0 Å². The number of rotatable bonds is 5. The van der Waals surface area contributed by atoms with Gasteiger partial charge < -0.3 is 10.2 Å². The van der Waals surface area contributed by atoms with Gasteiger partial charge in [0.05, 0.1) is 12.7 Å².